The molecule has 1 saturated heterocycles. The standard InChI is InChI=1S/C23H25N5S/c1-2-4-10-16-22(17-11-5-3-1)29-27-18-12-15-21(19-27)28-25-23(24-26-28)20-13-8-6-7-9-14-20/h1-6,8-11,13-14,16-17,21H,7,12,15,18-19H2. The molecule has 6 heteroatoms. The van der Waals surface area contributed by atoms with Crippen LogP contribution in [0.25, 0.3) is 5.57 Å². The molecule has 29 heavy (non-hydrogen) atoms. The van der Waals surface area contributed by atoms with Gasteiger partial charge in [0.1, 0.15) is 0 Å². The van der Waals surface area contributed by atoms with Crippen molar-refractivity contribution in [2.45, 2.75) is 30.2 Å². The molecule has 1 unspecified atom stereocenters. The maximum Gasteiger partial charge on any atom is 0.204 e. The third-order valence-corrected chi connectivity index (χ3v) is 5.85. The lowest BCUT2D eigenvalue weighted by molar-refractivity contribution is 0.248. The Bertz CT molecular complexity index is 936. The summed E-state index contributed by atoms with van der Waals surface area (Å²) in [6.07, 6.45) is 13.5. The van der Waals surface area contributed by atoms with Crippen LogP contribution in [0.5, 0.6) is 0 Å². The van der Waals surface area contributed by atoms with Crippen LogP contribution in [0.1, 0.15) is 31.1 Å². The van der Waals surface area contributed by atoms with E-state index in [0.29, 0.717) is 5.82 Å². The molecule has 0 bridgehead atoms. The molecule has 0 spiro atoms. The molecular weight excluding hydrogens is 378 g/mol. The van der Waals surface area contributed by atoms with Crippen molar-refractivity contribution in [3.8, 4) is 0 Å². The van der Waals surface area contributed by atoms with Gasteiger partial charge in [-0.2, -0.15) is 4.80 Å². The highest BCUT2D eigenvalue weighted by Gasteiger charge is 2.24. The second-order valence-corrected chi connectivity index (χ2v) is 8.15. The van der Waals surface area contributed by atoms with Gasteiger partial charge in [0, 0.05) is 23.6 Å². The molecule has 1 aromatic heterocycles. The van der Waals surface area contributed by atoms with Gasteiger partial charge >= 0.3 is 0 Å². The van der Waals surface area contributed by atoms with E-state index in [4.69, 9.17) is 0 Å². The third kappa shape index (κ3) is 5.65. The Balaban J connectivity index is 1.45. The number of allylic oxidation sites excluding steroid dienone is 6. The minimum Gasteiger partial charge on any atom is -0.244 e. The minimum absolute atomic E-state index is 0.242. The van der Waals surface area contributed by atoms with Gasteiger partial charge in [0.05, 0.1) is 6.04 Å². The van der Waals surface area contributed by atoms with Crippen LogP contribution in [-0.4, -0.2) is 37.6 Å². The van der Waals surface area contributed by atoms with Gasteiger partial charge in [-0.1, -0.05) is 72.8 Å². The first-order valence-electron chi connectivity index (χ1n) is 10.0. The third-order valence-electron chi connectivity index (χ3n) is 4.78. The summed E-state index contributed by atoms with van der Waals surface area (Å²) >= 11 is 1.79. The fraction of sp³-hybridized carbons (Fsp3) is 0.261. The number of rotatable bonds is 4. The number of aromatic nitrogens is 4. The van der Waals surface area contributed by atoms with Crippen LogP contribution in [0.3, 0.4) is 0 Å². The van der Waals surface area contributed by atoms with E-state index in [2.05, 4.69) is 80.4 Å². The second-order valence-electron chi connectivity index (χ2n) is 6.98. The van der Waals surface area contributed by atoms with Crippen molar-refractivity contribution < 1.29 is 0 Å². The first-order chi connectivity index (χ1) is 14.4. The van der Waals surface area contributed by atoms with Crippen LogP contribution < -0.4 is 0 Å². The van der Waals surface area contributed by atoms with Crippen molar-refractivity contribution in [2.75, 3.05) is 13.1 Å². The van der Waals surface area contributed by atoms with Gasteiger partial charge in [-0.25, -0.2) is 4.31 Å². The van der Waals surface area contributed by atoms with Crippen LogP contribution in [0.2, 0.25) is 0 Å². The Morgan fingerprint density at radius 2 is 1.76 bits per heavy atom. The van der Waals surface area contributed by atoms with Gasteiger partial charge < -0.3 is 0 Å². The van der Waals surface area contributed by atoms with E-state index < -0.39 is 0 Å². The van der Waals surface area contributed by atoms with E-state index in [9.17, 15) is 0 Å². The highest BCUT2D eigenvalue weighted by Crippen LogP contribution is 2.29. The molecule has 2 aliphatic rings. The van der Waals surface area contributed by atoms with E-state index in [1.807, 2.05) is 24.3 Å². The van der Waals surface area contributed by atoms with Crippen molar-refractivity contribution in [3.63, 3.8) is 0 Å². The van der Waals surface area contributed by atoms with Crippen molar-refractivity contribution in [3.05, 3.63) is 90.8 Å². The van der Waals surface area contributed by atoms with Gasteiger partial charge in [0.15, 0.2) is 0 Å². The number of nitrogens with zero attached hydrogens (tertiary/aromatic N) is 5. The van der Waals surface area contributed by atoms with Crippen LogP contribution in [0.4, 0.5) is 0 Å². The van der Waals surface area contributed by atoms with E-state index >= 15 is 0 Å². The topological polar surface area (TPSA) is 46.8 Å². The van der Waals surface area contributed by atoms with E-state index in [-0.39, 0.29) is 6.04 Å². The molecule has 2 heterocycles. The normalized spacial score (nSPS) is 19.3. The molecule has 1 aromatic carbocycles. The molecule has 0 saturated carbocycles. The Morgan fingerprint density at radius 3 is 2.59 bits per heavy atom. The summed E-state index contributed by atoms with van der Waals surface area (Å²) in [6, 6.07) is 18.9. The van der Waals surface area contributed by atoms with Crippen LogP contribution in [-0.2, 0) is 0 Å². The number of piperidine rings is 1. The predicted molar refractivity (Wildman–Crippen MR) is 118 cm³/mol. The highest BCUT2D eigenvalue weighted by atomic mass is 32.2. The zero-order valence-corrected chi connectivity index (χ0v) is 17.2. The molecule has 4 rings (SSSR count). The van der Waals surface area contributed by atoms with Gasteiger partial charge in [-0.05, 0) is 48.6 Å². The van der Waals surface area contributed by atoms with Crippen LogP contribution >= 0.6 is 11.9 Å². The van der Waals surface area contributed by atoms with E-state index in [1.165, 1.54) is 4.90 Å². The monoisotopic (exact) mass is 403 g/mol. The van der Waals surface area contributed by atoms with Gasteiger partial charge in [0.25, 0.3) is 0 Å². The average Bonchev–Trinajstić information content (AvgIpc) is 3.09. The van der Waals surface area contributed by atoms with Crippen molar-refractivity contribution in [2.24, 2.45) is 0 Å². The minimum atomic E-state index is 0.242. The van der Waals surface area contributed by atoms with Gasteiger partial charge in [-0.15, -0.1) is 10.2 Å². The van der Waals surface area contributed by atoms with E-state index in [1.54, 1.807) is 16.7 Å². The Hall–Kier alpha value is -2.70. The zero-order chi connectivity index (χ0) is 19.7. The smallest absolute Gasteiger partial charge is 0.204 e. The van der Waals surface area contributed by atoms with Crippen molar-refractivity contribution in [1.82, 2.24) is 24.5 Å². The highest BCUT2D eigenvalue weighted by molar-refractivity contribution is 7.97. The second kappa shape index (κ2) is 10.2. The average molecular weight is 404 g/mol. The Morgan fingerprint density at radius 1 is 0.966 bits per heavy atom. The molecule has 1 aliphatic heterocycles. The Kier molecular flexibility index (Phi) is 6.89. The molecule has 0 radical (unpaired) electrons. The van der Waals surface area contributed by atoms with Crippen LogP contribution in [0.15, 0.2) is 89.9 Å². The molecule has 148 valence electrons. The summed E-state index contributed by atoms with van der Waals surface area (Å²) in [5, 5.41) is 13.3. The van der Waals surface area contributed by atoms with Gasteiger partial charge in [0.2, 0.25) is 5.82 Å². The number of hydrogen-bond donors (Lipinski definition) is 0. The summed E-state index contributed by atoms with van der Waals surface area (Å²) in [4.78, 5) is 3.02. The first kappa shape index (κ1) is 19.6. The molecule has 1 fully saturated rings. The number of tetrazole rings is 1. The van der Waals surface area contributed by atoms with Crippen molar-refractivity contribution in [1.29, 1.82) is 0 Å². The lowest BCUT2D eigenvalue weighted by Gasteiger charge is -2.30. The van der Waals surface area contributed by atoms with E-state index in [0.717, 1.165) is 37.9 Å². The summed E-state index contributed by atoms with van der Waals surface area (Å²) in [7, 11) is 0. The SMILES string of the molecule is C1=CCC=CC(c2nnn(C3CCCN(Sc4ccccccccc4)C3)n2)=C1. The first-order valence-corrected chi connectivity index (χ1v) is 10.8. The maximum atomic E-state index is 4.68. The quantitative estimate of drug-likeness (QED) is 0.669. The summed E-state index contributed by atoms with van der Waals surface area (Å²) in [5.41, 5.74) is 1.01. The fourth-order valence-corrected chi connectivity index (χ4v) is 4.35. The molecule has 0 N–H and O–H groups in total. The summed E-state index contributed by atoms with van der Waals surface area (Å²) in [5.74, 6) is 0.695. The lowest BCUT2D eigenvalue weighted by Crippen LogP contribution is -2.33. The Labute approximate surface area is 176 Å². The summed E-state index contributed by atoms with van der Waals surface area (Å²) in [6.45, 7) is 1.96. The fourth-order valence-electron chi connectivity index (χ4n) is 3.30. The zero-order valence-electron chi connectivity index (χ0n) is 16.3. The van der Waals surface area contributed by atoms with Crippen LogP contribution in [0, 0.1) is 0 Å². The predicted octanol–water partition coefficient (Wildman–Crippen LogP) is 5.04. The largest absolute Gasteiger partial charge is 0.244 e. The molecule has 1 atom stereocenters. The molecule has 1 aliphatic carbocycles. The van der Waals surface area contributed by atoms with Gasteiger partial charge in [-0.3, -0.25) is 0 Å². The molecular formula is C23H25N5S. The number of hydrogen-bond acceptors (Lipinski definition) is 5. The molecule has 2 aromatic rings. The molecule has 0 amide bonds. The molecule has 5 nitrogen and oxygen atoms in total. The maximum absolute atomic E-state index is 4.68. The summed E-state index contributed by atoms with van der Waals surface area (Å²) < 4.78 is 2.40. The van der Waals surface area contributed by atoms with Crippen molar-refractivity contribution >= 4 is 17.5 Å². The lowest BCUT2D eigenvalue weighted by atomic mass is 10.1.